The average molecular weight is 299 g/mol. The summed E-state index contributed by atoms with van der Waals surface area (Å²) < 4.78 is 5.94. The van der Waals surface area contributed by atoms with Crippen molar-refractivity contribution >= 4 is 5.69 Å². The number of nitrogens with zero attached hydrogens (tertiary/aromatic N) is 1. The summed E-state index contributed by atoms with van der Waals surface area (Å²) in [5.74, 6) is 0.858. The fourth-order valence-corrected chi connectivity index (χ4v) is 2.23. The molecule has 0 bridgehead atoms. The number of nitro benzene ring substituents is 1. The third-order valence-electron chi connectivity index (χ3n) is 3.48. The highest BCUT2D eigenvalue weighted by atomic mass is 16.6. The van der Waals surface area contributed by atoms with E-state index < -0.39 is 4.92 Å². The maximum Gasteiger partial charge on any atom is 0.269 e. The van der Waals surface area contributed by atoms with Crippen molar-refractivity contribution < 1.29 is 9.66 Å². The monoisotopic (exact) mass is 299 g/mol. The lowest BCUT2D eigenvalue weighted by Gasteiger charge is -2.23. The molecule has 0 aliphatic heterocycles. The first-order chi connectivity index (χ1) is 10.3. The van der Waals surface area contributed by atoms with E-state index in [4.69, 9.17) is 4.74 Å². The number of ether oxygens (including phenoxy) is 1. The van der Waals surface area contributed by atoms with Crippen LogP contribution in [0.25, 0.3) is 0 Å². The van der Waals surface area contributed by atoms with Crippen LogP contribution in [-0.2, 0) is 12.0 Å². The van der Waals surface area contributed by atoms with E-state index in [0.29, 0.717) is 6.61 Å². The van der Waals surface area contributed by atoms with Gasteiger partial charge in [-0.3, -0.25) is 10.1 Å². The van der Waals surface area contributed by atoms with Crippen LogP contribution in [0.15, 0.2) is 42.5 Å². The van der Waals surface area contributed by atoms with Gasteiger partial charge in [0.05, 0.1) is 4.92 Å². The van der Waals surface area contributed by atoms with Crippen LogP contribution in [0.5, 0.6) is 5.75 Å². The SMILES string of the molecule is Cc1ccc(OCc2ccc([N+](=O)[O-])cc2)c(C(C)(C)C)c1. The summed E-state index contributed by atoms with van der Waals surface area (Å²) in [4.78, 5) is 10.3. The van der Waals surface area contributed by atoms with Crippen molar-refractivity contribution in [2.75, 3.05) is 0 Å². The van der Waals surface area contributed by atoms with Crippen LogP contribution in [0, 0.1) is 17.0 Å². The quantitative estimate of drug-likeness (QED) is 0.603. The van der Waals surface area contributed by atoms with Crippen LogP contribution >= 0.6 is 0 Å². The Bertz CT molecular complexity index is 670. The van der Waals surface area contributed by atoms with Gasteiger partial charge in [-0.25, -0.2) is 0 Å². The molecule has 116 valence electrons. The highest BCUT2D eigenvalue weighted by molar-refractivity contribution is 5.41. The molecular weight excluding hydrogens is 278 g/mol. The lowest BCUT2D eigenvalue weighted by Crippen LogP contribution is -2.13. The van der Waals surface area contributed by atoms with Crippen molar-refractivity contribution in [3.05, 3.63) is 69.3 Å². The first-order valence-electron chi connectivity index (χ1n) is 7.24. The summed E-state index contributed by atoms with van der Waals surface area (Å²) in [5.41, 5.74) is 3.36. The van der Waals surface area contributed by atoms with E-state index in [0.717, 1.165) is 16.9 Å². The maximum absolute atomic E-state index is 10.7. The van der Waals surface area contributed by atoms with Crippen LogP contribution in [0.3, 0.4) is 0 Å². The summed E-state index contributed by atoms with van der Waals surface area (Å²) in [6, 6.07) is 12.6. The molecular formula is C18H21NO3. The molecule has 0 aliphatic carbocycles. The summed E-state index contributed by atoms with van der Waals surface area (Å²) in [6.45, 7) is 8.92. The second-order valence-electron chi connectivity index (χ2n) is 6.46. The molecule has 2 aromatic carbocycles. The van der Waals surface area contributed by atoms with Crippen LogP contribution in [0.4, 0.5) is 5.69 Å². The highest BCUT2D eigenvalue weighted by Gasteiger charge is 2.19. The van der Waals surface area contributed by atoms with Gasteiger partial charge in [-0.2, -0.15) is 0 Å². The van der Waals surface area contributed by atoms with Gasteiger partial charge < -0.3 is 4.74 Å². The smallest absolute Gasteiger partial charge is 0.269 e. The Labute approximate surface area is 130 Å². The van der Waals surface area contributed by atoms with Gasteiger partial charge in [-0.05, 0) is 41.7 Å². The lowest BCUT2D eigenvalue weighted by atomic mass is 9.85. The zero-order chi connectivity index (χ0) is 16.3. The van der Waals surface area contributed by atoms with E-state index in [9.17, 15) is 10.1 Å². The minimum absolute atomic E-state index is 0.00315. The van der Waals surface area contributed by atoms with Crippen molar-refractivity contribution in [1.29, 1.82) is 0 Å². The van der Waals surface area contributed by atoms with E-state index in [-0.39, 0.29) is 11.1 Å². The number of hydrogen-bond donors (Lipinski definition) is 0. The molecule has 0 aliphatic rings. The molecule has 2 rings (SSSR count). The third-order valence-corrected chi connectivity index (χ3v) is 3.48. The Morgan fingerprint density at radius 3 is 2.27 bits per heavy atom. The van der Waals surface area contributed by atoms with E-state index in [1.165, 1.54) is 17.7 Å². The molecule has 0 atom stereocenters. The third kappa shape index (κ3) is 3.85. The number of nitro groups is 1. The Hall–Kier alpha value is -2.36. The molecule has 4 heteroatoms. The number of rotatable bonds is 4. The van der Waals surface area contributed by atoms with Crippen LogP contribution in [0.2, 0.25) is 0 Å². The Balaban J connectivity index is 2.16. The van der Waals surface area contributed by atoms with Gasteiger partial charge in [-0.15, -0.1) is 0 Å². The van der Waals surface area contributed by atoms with E-state index >= 15 is 0 Å². The second-order valence-corrected chi connectivity index (χ2v) is 6.46. The van der Waals surface area contributed by atoms with Crippen molar-refractivity contribution in [3.63, 3.8) is 0 Å². The van der Waals surface area contributed by atoms with E-state index in [1.807, 2.05) is 12.1 Å². The van der Waals surface area contributed by atoms with Crippen LogP contribution in [0.1, 0.15) is 37.5 Å². The molecule has 0 unspecified atom stereocenters. The normalized spacial score (nSPS) is 11.3. The van der Waals surface area contributed by atoms with E-state index in [2.05, 4.69) is 33.8 Å². The average Bonchev–Trinajstić information content (AvgIpc) is 2.45. The Morgan fingerprint density at radius 1 is 1.09 bits per heavy atom. The molecule has 0 heterocycles. The minimum atomic E-state index is -0.400. The summed E-state index contributed by atoms with van der Waals surface area (Å²) in [6.07, 6.45) is 0. The number of benzene rings is 2. The second kappa shape index (κ2) is 6.18. The van der Waals surface area contributed by atoms with Crippen molar-refractivity contribution in [2.24, 2.45) is 0 Å². The molecule has 0 saturated carbocycles. The van der Waals surface area contributed by atoms with Gasteiger partial charge in [0.25, 0.3) is 5.69 Å². The van der Waals surface area contributed by atoms with Gasteiger partial charge >= 0.3 is 0 Å². The maximum atomic E-state index is 10.7. The topological polar surface area (TPSA) is 52.4 Å². The summed E-state index contributed by atoms with van der Waals surface area (Å²) in [5, 5.41) is 10.7. The lowest BCUT2D eigenvalue weighted by molar-refractivity contribution is -0.384. The predicted molar refractivity (Wildman–Crippen MR) is 87.3 cm³/mol. The molecule has 0 amide bonds. The molecule has 0 radical (unpaired) electrons. The van der Waals surface area contributed by atoms with Gasteiger partial charge in [0.2, 0.25) is 0 Å². The number of aryl methyl sites for hydroxylation is 1. The fraction of sp³-hybridized carbons (Fsp3) is 0.333. The fourth-order valence-electron chi connectivity index (χ4n) is 2.23. The Kier molecular flexibility index (Phi) is 4.50. The molecule has 0 N–H and O–H groups in total. The van der Waals surface area contributed by atoms with Gasteiger partial charge in [0, 0.05) is 12.1 Å². The highest BCUT2D eigenvalue weighted by Crippen LogP contribution is 2.32. The first kappa shape index (κ1) is 16.0. The molecule has 0 fully saturated rings. The van der Waals surface area contributed by atoms with Crippen LogP contribution < -0.4 is 4.74 Å². The van der Waals surface area contributed by atoms with Crippen molar-refractivity contribution in [1.82, 2.24) is 0 Å². The van der Waals surface area contributed by atoms with Gasteiger partial charge in [-0.1, -0.05) is 38.5 Å². The molecule has 0 spiro atoms. The molecule has 0 aromatic heterocycles. The minimum Gasteiger partial charge on any atom is -0.489 e. The van der Waals surface area contributed by atoms with Gasteiger partial charge in [0.15, 0.2) is 0 Å². The van der Waals surface area contributed by atoms with E-state index in [1.54, 1.807) is 12.1 Å². The largest absolute Gasteiger partial charge is 0.489 e. The first-order valence-corrected chi connectivity index (χ1v) is 7.24. The van der Waals surface area contributed by atoms with Crippen molar-refractivity contribution in [3.8, 4) is 5.75 Å². The molecule has 2 aromatic rings. The zero-order valence-corrected chi connectivity index (χ0v) is 13.4. The van der Waals surface area contributed by atoms with Crippen LogP contribution in [-0.4, -0.2) is 4.92 Å². The predicted octanol–water partition coefficient (Wildman–Crippen LogP) is 4.78. The Morgan fingerprint density at radius 2 is 1.73 bits per heavy atom. The summed E-state index contributed by atoms with van der Waals surface area (Å²) >= 11 is 0. The molecule has 4 nitrogen and oxygen atoms in total. The number of non-ortho nitro benzene ring substituents is 1. The standard InChI is InChI=1S/C18H21NO3/c1-13-5-10-17(16(11-13)18(2,3)4)22-12-14-6-8-15(9-7-14)19(20)21/h5-11H,12H2,1-4H3. The van der Waals surface area contributed by atoms with Crippen molar-refractivity contribution in [2.45, 2.75) is 39.7 Å². The summed E-state index contributed by atoms with van der Waals surface area (Å²) in [7, 11) is 0. The van der Waals surface area contributed by atoms with Gasteiger partial charge in [0.1, 0.15) is 12.4 Å². The molecule has 0 saturated heterocycles. The number of hydrogen-bond acceptors (Lipinski definition) is 3. The zero-order valence-electron chi connectivity index (χ0n) is 13.4. The molecule has 22 heavy (non-hydrogen) atoms.